The van der Waals surface area contributed by atoms with Gasteiger partial charge in [0, 0.05) is 22.8 Å². The van der Waals surface area contributed by atoms with Crippen molar-refractivity contribution in [3.8, 4) is 5.75 Å². The van der Waals surface area contributed by atoms with E-state index in [1.165, 1.54) is 36.0 Å². The molecule has 152 valence electrons. The van der Waals surface area contributed by atoms with Gasteiger partial charge in [0.15, 0.2) is 11.0 Å². The summed E-state index contributed by atoms with van der Waals surface area (Å²) in [6, 6.07) is 9.85. The lowest BCUT2D eigenvalue weighted by atomic mass is 9.88. The van der Waals surface area contributed by atoms with Gasteiger partial charge < -0.3 is 9.30 Å². The van der Waals surface area contributed by atoms with Gasteiger partial charge >= 0.3 is 0 Å². The van der Waals surface area contributed by atoms with E-state index in [4.69, 9.17) is 27.9 Å². The molecule has 0 unspecified atom stereocenters. The molecular weight excluding hydrogens is 425 g/mol. The van der Waals surface area contributed by atoms with Crippen LogP contribution < -0.4 is 4.74 Å². The number of thioether (sulfide) groups is 1. The first-order valence-electron chi connectivity index (χ1n) is 9.72. The third kappa shape index (κ3) is 4.57. The summed E-state index contributed by atoms with van der Waals surface area (Å²) in [7, 11) is 1.96. The second-order valence-electron chi connectivity index (χ2n) is 7.30. The van der Waals surface area contributed by atoms with Crippen LogP contribution in [0.25, 0.3) is 0 Å². The SMILES string of the molecule is Cc1c(OCc2nnc(SCc3ccc(Cl)cc3Cl)n2C)ccc2c1CCCC2. The topological polar surface area (TPSA) is 39.9 Å². The number of rotatable bonds is 6. The molecule has 0 radical (unpaired) electrons. The lowest BCUT2D eigenvalue weighted by Gasteiger charge is -2.20. The van der Waals surface area contributed by atoms with Gasteiger partial charge in [0.2, 0.25) is 0 Å². The molecule has 1 heterocycles. The molecule has 2 aromatic carbocycles. The Morgan fingerprint density at radius 3 is 2.76 bits per heavy atom. The van der Waals surface area contributed by atoms with Crippen molar-refractivity contribution in [2.75, 3.05) is 0 Å². The summed E-state index contributed by atoms with van der Waals surface area (Å²) < 4.78 is 8.08. The zero-order chi connectivity index (χ0) is 20.4. The van der Waals surface area contributed by atoms with Crippen molar-refractivity contribution in [1.82, 2.24) is 14.8 Å². The molecule has 3 aromatic rings. The molecule has 0 amide bonds. The van der Waals surface area contributed by atoms with Crippen molar-refractivity contribution in [1.29, 1.82) is 0 Å². The fourth-order valence-electron chi connectivity index (χ4n) is 3.67. The first-order chi connectivity index (χ1) is 14.0. The minimum atomic E-state index is 0.394. The van der Waals surface area contributed by atoms with E-state index in [0.29, 0.717) is 22.4 Å². The molecule has 0 bridgehead atoms. The Morgan fingerprint density at radius 2 is 1.93 bits per heavy atom. The Hall–Kier alpha value is -1.69. The van der Waals surface area contributed by atoms with Crippen molar-refractivity contribution < 1.29 is 4.74 Å². The second-order valence-corrected chi connectivity index (χ2v) is 9.09. The maximum absolute atomic E-state index is 6.26. The smallest absolute Gasteiger partial charge is 0.191 e. The summed E-state index contributed by atoms with van der Waals surface area (Å²) in [6.45, 7) is 2.55. The molecule has 7 heteroatoms. The van der Waals surface area contributed by atoms with Gasteiger partial charge in [-0.3, -0.25) is 0 Å². The third-order valence-electron chi connectivity index (χ3n) is 5.42. The van der Waals surface area contributed by atoms with Crippen LogP contribution in [0.5, 0.6) is 5.75 Å². The molecule has 1 aliphatic carbocycles. The van der Waals surface area contributed by atoms with E-state index < -0.39 is 0 Å². The molecule has 0 spiro atoms. The highest BCUT2D eigenvalue weighted by molar-refractivity contribution is 7.98. The van der Waals surface area contributed by atoms with E-state index in [9.17, 15) is 0 Å². The number of aromatic nitrogens is 3. The molecule has 0 saturated carbocycles. The van der Waals surface area contributed by atoms with E-state index in [0.717, 1.165) is 28.7 Å². The summed E-state index contributed by atoms with van der Waals surface area (Å²) in [4.78, 5) is 0. The van der Waals surface area contributed by atoms with Crippen LogP contribution >= 0.6 is 35.0 Å². The zero-order valence-electron chi connectivity index (χ0n) is 16.5. The standard InChI is InChI=1S/C22H23Cl2N3OS/c1-14-18-6-4-3-5-15(18)8-10-20(14)28-12-21-25-26-22(27(21)2)29-13-16-7-9-17(23)11-19(16)24/h7-11H,3-6,12-13H2,1-2H3. The number of nitrogens with zero attached hydrogens (tertiary/aromatic N) is 3. The van der Waals surface area contributed by atoms with Crippen LogP contribution in [0.4, 0.5) is 0 Å². The van der Waals surface area contributed by atoms with Gasteiger partial charge in [-0.1, -0.05) is 47.1 Å². The Morgan fingerprint density at radius 1 is 1.10 bits per heavy atom. The molecule has 0 fully saturated rings. The maximum atomic E-state index is 6.26. The van der Waals surface area contributed by atoms with Crippen LogP contribution in [-0.2, 0) is 32.2 Å². The molecule has 0 aliphatic heterocycles. The molecule has 0 saturated heterocycles. The molecule has 0 N–H and O–H groups in total. The fourth-order valence-corrected chi connectivity index (χ4v) is 5.16. The summed E-state index contributed by atoms with van der Waals surface area (Å²) >= 11 is 13.8. The van der Waals surface area contributed by atoms with Crippen molar-refractivity contribution in [3.05, 3.63) is 68.5 Å². The van der Waals surface area contributed by atoms with Gasteiger partial charge in [-0.25, -0.2) is 0 Å². The number of hydrogen-bond acceptors (Lipinski definition) is 4. The highest BCUT2D eigenvalue weighted by Gasteiger charge is 2.16. The van der Waals surface area contributed by atoms with Gasteiger partial charge in [-0.2, -0.15) is 0 Å². The van der Waals surface area contributed by atoms with Crippen molar-refractivity contribution in [3.63, 3.8) is 0 Å². The van der Waals surface area contributed by atoms with Crippen molar-refractivity contribution >= 4 is 35.0 Å². The first-order valence-corrected chi connectivity index (χ1v) is 11.5. The van der Waals surface area contributed by atoms with E-state index in [1.807, 2.05) is 23.7 Å². The summed E-state index contributed by atoms with van der Waals surface area (Å²) in [6.07, 6.45) is 4.88. The molecule has 4 rings (SSSR count). The van der Waals surface area contributed by atoms with Crippen LogP contribution in [0.1, 0.15) is 40.9 Å². The second kappa shape index (κ2) is 8.99. The number of benzene rings is 2. The number of hydrogen-bond donors (Lipinski definition) is 0. The Balaban J connectivity index is 1.41. The largest absolute Gasteiger partial charge is 0.485 e. The molecule has 0 atom stereocenters. The zero-order valence-corrected chi connectivity index (χ0v) is 18.9. The molecule has 29 heavy (non-hydrogen) atoms. The predicted molar refractivity (Wildman–Crippen MR) is 119 cm³/mol. The monoisotopic (exact) mass is 447 g/mol. The summed E-state index contributed by atoms with van der Waals surface area (Å²) in [5.41, 5.74) is 5.21. The van der Waals surface area contributed by atoms with Gasteiger partial charge in [0.05, 0.1) is 0 Å². The summed E-state index contributed by atoms with van der Waals surface area (Å²) in [5, 5.41) is 10.8. The quantitative estimate of drug-likeness (QED) is 0.422. The normalized spacial score (nSPS) is 13.4. The lowest BCUT2D eigenvalue weighted by Crippen LogP contribution is -2.08. The Kier molecular flexibility index (Phi) is 6.38. The van der Waals surface area contributed by atoms with E-state index in [-0.39, 0.29) is 0 Å². The summed E-state index contributed by atoms with van der Waals surface area (Å²) in [5.74, 6) is 2.44. The number of ether oxygens (including phenoxy) is 1. The Bertz CT molecular complexity index is 1040. The van der Waals surface area contributed by atoms with E-state index in [1.54, 1.807) is 17.8 Å². The van der Waals surface area contributed by atoms with E-state index in [2.05, 4.69) is 29.3 Å². The van der Waals surface area contributed by atoms with Crippen LogP contribution in [0, 0.1) is 6.92 Å². The van der Waals surface area contributed by atoms with Crippen LogP contribution in [0.3, 0.4) is 0 Å². The molecule has 1 aromatic heterocycles. The highest BCUT2D eigenvalue weighted by Crippen LogP contribution is 2.31. The van der Waals surface area contributed by atoms with Gasteiger partial charge in [0.1, 0.15) is 12.4 Å². The number of fused-ring (bicyclic) bond motifs is 1. The lowest BCUT2D eigenvalue weighted by molar-refractivity contribution is 0.288. The molecule has 1 aliphatic rings. The van der Waals surface area contributed by atoms with Crippen LogP contribution in [0.2, 0.25) is 10.0 Å². The average molecular weight is 448 g/mol. The predicted octanol–water partition coefficient (Wildman–Crippen LogP) is 6.18. The highest BCUT2D eigenvalue weighted by atomic mass is 35.5. The van der Waals surface area contributed by atoms with Crippen LogP contribution in [-0.4, -0.2) is 14.8 Å². The van der Waals surface area contributed by atoms with Crippen LogP contribution in [0.15, 0.2) is 35.5 Å². The van der Waals surface area contributed by atoms with Crippen molar-refractivity contribution in [2.45, 2.75) is 50.1 Å². The van der Waals surface area contributed by atoms with Crippen molar-refractivity contribution in [2.24, 2.45) is 7.05 Å². The third-order valence-corrected chi connectivity index (χ3v) is 7.08. The van der Waals surface area contributed by atoms with Gasteiger partial charge in [0.25, 0.3) is 0 Å². The minimum absolute atomic E-state index is 0.394. The number of halogens is 2. The first kappa shape index (κ1) is 20.6. The minimum Gasteiger partial charge on any atom is -0.485 e. The fraction of sp³-hybridized carbons (Fsp3) is 0.364. The van der Waals surface area contributed by atoms with Gasteiger partial charge in [-0.05, 0) is 73.1 Å². The maximum Gasteiger partial charge on any atom is 0.191 e. The Labute approximate surface area is 185 Å². The van der Waals surface area contributed by atoms with Gasteiger partial charge in [-0.15, -0.1) is 10.2 Å². The number of aryl methyl sites for hydroxylation is 1. The van der Waals surface area contributed by atoms with E-state index >= 15 is 0 Å². The molecule has 4 nitrogen and oxygen atoms in total. The average Bonchev–Trinajstić information content (AvgIpc) is 3.07. The molecular formula is C22H23Cl2N3OS.